The average molecular weight is 691 g/mol. The topological polar surface area (TPSA) is 89.9 Å². The summed E-state index contributed by atoms with van der Waals surface area (Å²) >= 11 is 0. The van der Waals surface area contributed by atoms with Gasteiger partial charge in [0.15, 0.2) is 11.9 Å². The number of carbonyl (C=O) groups excluding carboxylic acids is 3. The van der Waals surface area contributed by atoms with Gasteiger partial charge in [-0.1, -0.05) is 174 Å². The van der Waals surface area contributed by atoms with Gasteiger partial charge in [-0.3, -0.25) is 14.4 Å². The van der Waals surface area contributed by atoms with E-state index in [0.717, 1.165) is 63.7 Å². The molecule has 1 N–H and O–H groups in total. The quantitative estimate of drug-likeness (QED) is 0.0302. The summed E-state index contributed by atoms with van der Waals surface area (Å²) in [5, 5.41) is 9.56. The van der Waals surface area contributed by atoms with Gasteiger partial charge in [-0.25, -0.2) is 0 Å². The van der Waals surface area contributed by atoms with Crippen LogP contribution in [0.2, 0.25) is 0 Å². The lowest BCUT2D eigenvalue weighted by Crippen LogP contribution is -2.28. The lowest BCUT2D eigenvalue weighted by Gasteiger charge is -2.15. The highest BCUT2D eigenvalue weighted by Crippen LogP contribution is 2.16. The van der Waals surface area contributed by atoms with Crippen LogP contribution in [0.4, 0.5) is 0 Å². The fourth-order valence-corrected chi connectivity index (χ4v) is 5.96. The summed E-state index contributed by atoms with van der Waals surface area (Å²) in [5.74, 6) is 0.334. The molecule has 6 nitrogen and oxygen atoms in total. The van der Waals surface area contributed by atoms with E-state index in [9.17, 15) is 19.5 Å². The van der Waals surface area contributed by atoms with Gasteiger partial charge in [-0.2, -0.15) is 0 Å². The van der Waals surface area contributed by atoms with Crippen LogP contribution >= 0.6 is 0 Å². The van der Waals surface area contributed by atoms with E-state index in [4.69, 9.17) is 9.47 Å². The molecule has 0 aliphatic heterocycles. The van der Waals surface area contributed by atoms with Crippen molar-refractivity contribution in [1.82, 2.24) is 0 Å². The minimum absolute atomic E-state index is 0.108. The standard InChI is InChI=1S/C43H78O6/c1-4-5-6-7-18-23-28-33-40(45)34-29-24-21-26-30-35-42(46)48-38-41(37-44)49-43(47)36-31-25-20-17-15-13-11-9-8-10-12-14-16-19-22-27-32-39(2)3/h18,23,28,33,39,41,44H,4-17,19-22,24-27,29-32,34-38H2,1-3H3/b23-18-,33-28+/t41-/m0/s1. The predicted octanol–water partition coefficient (Wildman–Crippen LogP) is 12.1. The molecule has 0 aliphatic carbocycles. The predicted molar refractivity (Wildman–Crippen MR) is 206 cm³/mol. The van der Waals surface area contributed by atoms with Crippen LogP contribution in [-0.4, -0.2) is 42.1 Å². The van der Waals surface area contributed by atoms with Crippen LogP contribution in [0, 0.1) is 5.92 Å². The maximum atomic E-state index is 12.2. The number of esters is 2. The molecule has 0 rings (SSSR count). The Morgan fingerprint density at radius 2 is 1.04 bits per heavy atom. The lowest BCUT2D eigenvalue weighted by molar-refractivity contribution is -0.161. The number of hydrogen-bond donors (Lipinski definition) is 1. The summed E-state index contributed by atoms with van der Waals surface area (Å²) < 4.78 is 10.6. The van der Waals surface area contributed by atoms with Gasteiger partial charge < -0.3 is 14.6 Å². The minimum atomic E-state index is -0.806. The lowest BCUT2D eigenvalue weighted by atomic mass is 10.0. The summed E-state index contributed by atoms with van der Waals surface area (Å²) in [5.41, 5.74) is 0. The monoisotopic (exact) mass is 691 g/mol. The zero-order valence-electron chi connectivity index (χ0n) is 32.4. The number of carbonyl (C=O) groups is 3. The second kappa shape index (κ2) is 37.3. The molecule has 0 amide bonds. The van der Waals surface area contributed by atoms with Crippen LogP contribution < -0.4 is 0 Å². The number of ether oxygens (including phenoxy) is 2. The largest absolute Gasteiger partial charge is 0.462 e. The molecular weight excluding hydrogens is 612 g/mol. The van der Waals surface area contributed by atoms with Gasteiger partial charge in [-0.15, -0.1) is 0 Å². The Labute approximate surface area is 302 Å². The summed E-state index contributed by atoms with van der Waals surface area (Å²) in [4.78, 5) is 36.2. The zero-order chi connectivity index (χ0) is 36.0. The Bertz CT molecular complexity index is 817. The van der Waals surface area contributed by atoms with Gasteiger partial charge in [-0.05, 0) is 44.1 Å². The molecule has 0 saturated heterocycles. The van der Waals surface area contributed by atoms with E-state index in [1.165, 1.54) is 109 Å². The first-order chi connectivity index (χ1) is 23.9. The van der Waals surface area contributed by atoms with E-state index in [-0.39, 0.29) is 30.9 Å². The highest BCUT2D eigenvalue weighted by molar-refractivity contribution is 5.89. The molecule has 0 heterocycles. The molecule has 0 radical (unpaired) electrons. The molecule has 0 aliphatic rings. The zero-order valence-corrected chi connectivity index (χ0v) is 32.4. The molecular formula is C43H78O6. The molecule has 0 aromatic heterocycles. The van der Waals surface area contributed by atoms with Crippen LogP contribution in [-0.2, 0) is 23.9 Å². The number of hydrogen-bond acceptors (Lipinski definition) is 6. The van der Waals surface area contributed by atoms with Gasteiger partial charge in [0, 0.05) is 19.3 Å². The van der Waals surface area contributed by atoms with E-state index in [2.05, 4.69) is 26.8 Å². The van der Waals surface area contributed by atoms with E-state index >= 15 is 0 Å². The van der Waals surface area contributed by atoms with Gasteiger partial charge in [0.05, 0.1) is 6.61 Å². The number of rotatable bonds is 37. The number of ketones is 1. The average Bonchev–Trinajstić information content (AvgIpc) is 3.08. The van der Waals surface area contributed by atoms with Crippen molar-refractivity contribution in [3.05, 3.63) is 24.3 Å². The highest BCUT2D eigenvalue weighted by atomic mass is 16.6. The third kappa shape index (κ3) is 37.1. The Morgan fingerprint density at radius 3 is 1.53 bits per heavy atom. The minimum Gasteiger partial charge on any atom is -0.462 e. The normalized spacial score (nSPS) is 12.3. The second-order valence-corrected chi connectivity index (χ2v) is 14.6. The molecule has 0 aromatic rings. The molecule has 0 spiro atoms. The number of aliphatic hydroxyl groups is 1. The Balaban J connectivity index is 3.59. The summed E-state index contributed by atoms with van der Waals surface area (Å²) in [7, 11) is 0. The fourth-order valence-electron chi connectivity index (χ4n) is 5.96. The first-order valence-corrected chi connectivity index (χ1v) is 20.7. The van der Waals surface area contributed by atoms with Crippen LogP contribution in [0.1, 0.15) is 207 Å². The van der Waals surface area contributed by atoms with Gasteiger partial charge in [0.25, 0.3) is 0 Å². The van der Waals surface area contributed by atoms with Crippen LogP contribution in [0.3, 0.4) is 0 Å². The van der Waals surface area contributed by atoms with Crippen molar-refractivity contribution in [2.24, 2.45) is 5.92 Å². The van der Waals surface area contributed by atoms with Crippen LogP contribution in [0.5, 0.6) is 0 Å². The summed E-state index contributed by atoms with van der Waals surface area (Å²) in [6.45, 7) is 6.35. The number of unbranched alkanes of at least 4 members (excludes halogenated alkanes) is 22. The molecule has 0 aromatic carbocycles. The van der Waals surface area contributed by atoms with Crippen molar-refractivity contribution in [2.45, 2.75) is 213 Å². The van der Waals surface area contributed by atoms with Crippen LogP contribution in [0.25, 0.3) is 0 Å². The van der Waals surface area contributed by atoms with Crippen molar-refractivity contribution >= 4 is 17.7 Å². The molecule has 0 bridgehead atoms. The van der Waals surface area contributed by atoms with Crippen molar-refractivity contribution in [2.75, 3.05) is 13.2 Å². The smallest absolute Gasteiger partial charge is 0.306 e. The molecule has 1 atom stereocenters. The molecule has 0 fully saturated rings. The molecule has 0 saturated carbocycles. The number of allylic oxidation sites excluding steroid dienone is 4. The molecule has 49 heavy (non-hydrogen) atoms. The Hall–Kier alpha value is -1.95. The summed E-state index contributed by atoms with van der Waals surface area (Å²) in [6.07, 6.45) is 39.2. The molecule has 6 heteroatoms. The van der Waals surface area contributed by atoms with Crippen molar-refractivity contribution in [3.63, 3.8) is 0 Å². The van der Waals surface area contributed by atoms with Crippen molar-refractivity contribution in [1.29, 1.82) is 0 Å². The van der Waals surface area contributed by atoms with Crippen molar-refractivity contribution in [3.8, 4) is 0 Å². The van der Waals surface area contributed by atoms with Gasteiger partial charge in [0.1, 0.15) is 6.61 Å². The van der Waals surface area contributed by atoms with Gasteiger partial charge in [0.2, 0.25) is 0 Å². The maximum Gasteiger partial charge on any atom is 0.306 e. The maximum absolute atomic E-state index is 12.2. The van der Waals surface area contributed by atoms with E-state index in [1.54, 1.807) is 6.08 Å². The Morgan fingerprint density at radius 1 is 0.571 bits per heavy atom. The SMILES string of the molecule is CCCCC/C=C\C=C\C(=O)CCCCCCCC(=O)OC[C@H](CO)OC(=O)CCCCCCCCCCCCCCCCCCC(C)C. The van der Waals surface area contributed by atoms with Crippen LogP contribution in [0.15, 0.2) is 24.3 Å². The summed E-state index contributed by atoms with van der Waals surface area (Å²) in [6, 6.07) is 0. The fraction of sp³-hybridized carbons (Fsp3) is 0.837. The first kappa shape index (κ1) is 47.0. The first-order valence-electron chi connectivity index (χ1n) is 20.7. The van der Waals surface area contributed by atoms with E-state index in [1.807, 2.05) is 12.2 Å². The molecule has 0 unspecified atom stereocenters. The Kier molecular flexibility index (Phi) is 35.8. The third-order valence-corrected chi connectivity index (χ3v) is 9.15. The van der Waals surface area contributed by atoms with E-state index < -0.39 is 6.10 Å². The third-order valence-electron chi connectivity index (χ3n) is 9.15. The molecule has 286 valence electrons. The second-order valence-electron chi connectivity index (χ2n) is 14.6. The number of aliphatic hydroxyl groups excluding tert-OH is 1. The van der Waals surface area contributed by atoms with E-state index in [0.29, 0.717) is 19.3 Å². The highest BCUT2D eigenvalue weighted by Gasteiger charge is 2.16. The van der Waals surface area contributed by atoms with Gasteiger partial charge >= 0.3 is 11.9 Å². The van der Waals surface area contributed by atoms with Crippen molar-refractivity contribution < 1.29 is 29.0 Å².